The molecule has 0 radical (unpaired) electrons. The zero-order valence-corrected chi connectivity index (χ0v) is 11.4. The number of carbonyl (C=O) groups excluding carboxylic acids is 1. The highest BCUT2D eigenvalue weighted by atomic mass is 35.5. The van der Waals surface area contributed by atoms with E-state index < -0.39 is 0 Å². The van der Waals surface area contributed by atoms with E-state index >= 15 is 0 Å². The topological polar surface area (TPSA) is 36.4 Å². The average molecular weight is 286 g/mol. The number of hydrogen-bond donors (Lipinski definition) is 0. The van der Waals surface area contributed by atoms with Gasteiger partial charge in [0.25, 0.3) is 0 Å². The van der Waals surface area contributed by atoms with Crippen molar-refractivity contribution in [3.8, 4) is 0 Å². The van der Waals surface area contributed by atoms with Crippen LogP contribution in [0.2, 0.25) is 10.2 Å². The van der Waals surface area contributed by atoms with Crippen molar-refractivity contribution in [3.63, 3.8) is 0 Å². The van der Waals surface area contributed by atoms with Gasteiger partial charge in [-0.3, -0.25) is 4.79 Å². The molecule has 0 saturated carbocycles. The molecule has 3 heterocycles. The molecule has 0 unspecified atom stereocenters. The summed E-state index contributed by atoms with van der Waals surface area (Å²) in [5.41, 5.74) is 0.974. The number of anilines is 1. The zero-order valence-electron chi connectivity index (χ0n) is 9.94. The van der Waals surface area contributed by atoms with Crippen molar-refractivity contribution in [1.82, 2.24) is 9.88 Å². The number of amides is 1. The molecule has 0 spiro atoms. The molecule has 0 bridgehead atoms. The van der Waals surface area contributed by atoms with Crippen LogP contribution in [0.1, 0.15) is 6.92 Å². The Bertz CT molecular complexity index is 508. The molecule has 1 amide bonds. The number of carbonyl (C=O) groups is 1. The van der Waals surface area contributed by atoms with Gasteiger partial charge in [0.15, 0.2) is 0 Å². The molecule has 6 heteroatoms. The van der Waals surface area contributed by atoms with Crippen LogP contribution < -0.4 is 4.90 Å². The van der Waals surface area contributed by atoms with Gasteiger partial charge in [-0.05, 0) is 6.07 Å². The Hall–Kier alpha value is -1.000. The fraction of sp³-hybridized carbons (Fsp3) is 0.500. The Morgan fingerprint density at radius 2 is 2.17 bits per heavy atom. The molecule has 2 saturated heterocycles. The van der Waals surface area contributed by atoms with Gasteiger partial charge >= 0.3 is 0 Å². The summed E-state index contributed by atoms with van der Waals surface area (Å²) in [5, 5.41) is 0.796. The largest absolute Gasteiger partial charge is 0.368 e. The third-order valence-corrected chi connectivity index (χ3v) is 4.48. The minimum atomic E-state index is 0.158. The average Bonchev–Trinajstić information content (AvgIpc) is 2.60. The van der Waals surface area contributed by atoms with Crippen molar-refractivity contribution in [2.45, 2.75) is 13.0 Å². The van der Waals surface area contributed by atoms with Gasteiger partial charge in [0.2, 0.25) is 5.91 Å². The SMILES string of the molecule is CC(=O)N1C[C@H]2CN(c3cnc(Cl)c(Cl)c3)C[C@H]21. The molecule has 2 aliphatic rings. The summed E-state index contributed by atoms with van der Waals surface area (Å²) in [4.78, 5) is 19.6. The molecular weight excluding hydrogens is 273 g/mol. The Morgan fingerprint density at radius 3 is 2.83 bits per heavy atom. The van der Waals surface area contributed by atoms with E-state index in [1.165, 1.54) is 0 Å². The van der Waals surface area contributed by atoms with Crippen molar-refractivity contribution in [1.29, 1.82) is 0 Å². The summed E-state index contributed by atoms with van der Waals surface area (Å²) >= 11 is 11.8. The quantitative estimate of drug-likeness (QED) is 0.741. The van der Waals surface area contributed by atoms with Gasteiger partial charge in [0, 0.05) is 32.5 Å². The Balaban J connectivity index is 1.76. The van der Waals surface area contributed by atoms with E-state index in [0.29, 0.717) is 22.1 Å². The summed E-state index contributed by atoms with van der Waals surface area (Å²) < 4.78 is 0. The lowest BCUT2D eigenvalue weighted by Gasteiger charge is -2.42. The van der Waals surface area contributed by atoms with Crippen LogP contribution in [-0.4, -0.2) is 41.5 Å². The van der Waals surface area contributed by atoms with E-state index in [1.54, 1.807) is 13.1 Å². The van der Waals surface area contributed by atoms with Crippen molar-refractivity contribution < 1.29 is 4.79 Å². The van der Waals surface area contributed by atoms with Crippen LogP contribution in [0.25, 0.3) is 0 Å². The summed E-state index contributed by atoms with van der Waals surface area (Å²) in [6, 6.07) is 2.18. The van der Waals surface area contributed by atoms with Crippen molar-refractivity contribution >= 4 is 34.8 Å². The lowest BCUT2D eigenvalue weighted by molar-refractivity contribution is -0.138. The molecule has 1 aromatic rings. The molecule has 18 heavy (non-hydrogen) atoms. The number of rotatable bonds is 1. The van der Waals surface area contributed by atoms with Crippen LogP contribution in [0.3, 0.4) is 0 Å². The Morgan fingerprint density at radius 1 is 1.39 bits per heavy atom. The van der Waals surface area contributed by atoms with Crippen LogP contribution >= 0.6 is 23.2 Å². The van der Waals surface area contributed by atoms with Gasteiger partial charge in [-0.2, -0.15) is 0 Å². The first-order chi connectivity index (χ1) is 8.56. The van der Waals surface area contributed by atoms with E-state index in [0.717, 1.165) is 25.3 Å². The molecule has 2 fully saturated rings. The fourth-order valence-corrected chi connectivity index (χ4v) is 3.06. The second kappa shape index (κ2) is 4.28. The van der Waals surface area contributed by atoms with E-state index in [2.05, 4.69) is 9.88 Å². The van der Waals surface area contributed by atoms with Crippen molar-refractivity contribution in [3.05, 3.63) is 22.4 Å². The van der Waals surface area contributed by atoms with Gasteiger partial charge in [-0.1, -0.05) is 23.2 Å². The van der Waals surface area contributed by atoms with E-state index in [9.17, 15) is 4.79 Å². The van der Waals surface area contributed by atoms with E-state index in [4.69, 9.17) is 23.2 Å². The van der Waals surface area contributed by atoms with Gasteiger partial charge in [0.05, 0.1) is 22.9 Å². The first kappa shape index (κ1) is 12.1. The third-order valence-electron chi connectivity index (χ3n) is 3.79. The molecular formula is C12H13Cl2N3O. The molecule has 1 aromatic heterocycles. The standard InChI is InChI=1S/C12H13Cl2N3O/c1-7(18)17-5-8-4-16(6-11(8)17)9-2-10(13)12(14)15-3-9/h2-3,8,11H,4-6H2,1H3/t8-,11-/m1/s1. The van der Waals surface area contributed by atoms with E-state index in [-0.39, 0.29) is 5.91 Å². The summed E-state index contributed by atoms with van der Waals surface area (Å²) in [6.07, 6.45) is 1.73. The number of halogens is 2. The number of fused-ring (bicyclic) bond motifs is 1. The maximum absolute atomic E-state index is 11.4. The van der Waals surface area contributed by atoms with Crippen LogP contribution in [0.4, 0.5) is 5.69 Å². The molecule has 2 aliphatic heterocycles. The van der Waals surface area contributed by atoms with Crippen molar-refractivity contribution in [2.75, 3.05) is 24.5 Å². The predicted octanol–water partition coefficient (Wildman–Crippen LogP) is 2.06. The second-order valence-corrected chi connectivity index (χ2v) is 5.64. The lowest BCUT2D eigenvalue weighted by atomic mass is 9.92. The van der Waals surface area contributed by atoms with Crippen molar-refractivity contribution in [2.24, 2.45) is 5.92 Å². The molecule has 0 aliphatic carbocycles. The minimum absolute atomic E-state index is 0.158. The highest BCUT2D eigenvalue weighted by Gasteiger charge is 2.46. The van der Waals surface area contributed by atoms with Crippen LogP contribution in [-0.2, 0) is 4.79 Å². The molecule has 0 aromatic carbocycles. The highest BCUT2D eigenvalue weighted by Crippen LogP contribution is 2.35. The molecule has 4 nitrogen and oxygen atoms in total. The number of likely N-dealkylation sites (tertiary alicyclic amines) is 1. The minimum Gasteiger partial charge on any atom is -0.368 e. The zero-order chi connectivity index (χ0) is 12.9. The molecule has 96 valence electrons. The smallest absolute Gasteiger partial charge is 0.219 e. The molecule has 0 N–H and O–H groups in total. The van der Waals surface area contributed by atoms with Crippen LogP contribution in [0.5, 0.6) is 0 Å². The second-order valence-electron chi connectivity index (χ2n) is 4.87. The molecule has 2 atom stereocenters. The number of pyridine rings is 1. The summed E-state index contributed by atoms with van der Waals surface area (Å²) in [5.74, 6) is 0.730. The van der Waals surface area contributed by atoms with Gasteiger partial charge in [0.1, 0.15) is 5.15 Å². The van der Waals surface area contributed by atoms with Gasteiger partial charge in [-0.25, -0.2) is 4.98 Å². The maximum Gasteiger partial charge on any atom is 0.219 e. The lowest BCUT2D eigenvalue weighted by Crippen LogP contribution is -2.57. The number of aromatic nitrogens is 1. The third kappa shape index (κ3) is 1.84. The van der Waals surface area contributed by atoms with E-state index in [1.807, 2.05) is 11.0 Å². The Labute approximate surface area is 115 Å². The maximum atomic E-state index is 11.4. The summed E-state index contributed by atoms with van der Waals surface area (Å²) in [6.45, 7) is 4.29. The first-order valence-electron chi connectivity index (χ1n) is 5.89. The number of hydrogen-bond acceptors (Lipinski definition) is 3. The van der Waals surface area contributed by atoms with Crippen LogP contribution in [0, 0.1) is 5.92 Å². The highest BCUT2D eigenvalue weighted by molar-refractivity contribution is 6.41. The summed E-state index contributed by atoms with van der Waals surface area (Å²) in [7, 11) is 0. The van der Waals surface area contributed by atoms with Gasteiger partial charge < -0.3 is 9.80 Å². The van der Waals surface area contributed by atoms with Gasteiger partial charge in [-0.15, -0.1) is 0 Å². The molecule has 3 rings (SSSR count). The monoisotopic (exact) mass is 285 g/mol. The number of nitrogens with zero attached hydrogens (tertiary/aromatic N) is 3. The predicted molar refractivity (Wildman–Crippen MR) is 71.1 cm³/mol. The van der Waals surface area contributed by atoms with Crippen LogP contribution in [0.15, 0.2) is 12.3 Å². The fourth-order valence-electron chi connectivity index (χ4n) is 2.79. The normalized spacial score (nSPS) is 25.9. The first-order valence-corrected chi connectivity index (χ1v) is 6.65. The Kier molecular flexibility index (Phi) is 2.87.